The molecule has 0 atom stereocenters. The number of rotatable bonds is 2. The Morgan fingerprint density at radius 2 is 1.96 bits per heavy atom. The van der Waals surface area contributed by atoms with Crippen LogP contribution in [0.2, 0.25) is 8.67 Å². The summed E-state index contributed by atoms with van der Waals surface area (Å²) in [5.74, 6) is -0.0847. The van der Waals surface area contributed by atoms with Crippen LogP contribution in [0.5, 0.6) is 0 Å². The molecule has 1 amide bonds. The van der Waals surface area contributed by atoms with E-state index in [0.717, 1.165) is 18.7 Å². The van der Waals surface area contributed by atoms with Crippen LogP contribution in [-0.4, -0.2) is 37.0 Å². The van der Waals surface area contributed by atoms with E-state index in [1.54, 1.807) is 11.0 Å². The SMILES string of the molecule is N#Cc1ccccc1N1CCCN(C(=O)c2cc(Cl)sc2Cl)CC1. The summed E-state index contributed by atoms with van der Waals surface area (Å²) >= 11 is 13.3. The zero-order chi connectivity index (χ0) is 17.1. The lowest BCUT2D eigenvalue weighted by molar-refractivity contribution is 0.0767. The van der Waals surface area contributed by atoms with Crippen molar-refractivity contribution >= 4 is 46.1 Å². The van der Waals surface area contributed by atoms with Gasteiger partial charge in [0.1, 0.15) is 10.4 Å². The molecule has 2 heterocycles. The zero-order valence-electron chi connectivity index (χ0n) is 12.8. The standard InChI is InChI=1S/C17H15Cl2N3OS/c18-15-10-13(16(19)24-15)17(23)22-7-3-6-21(8-9-22)14-5-2-1-4-12(14)11-20/h1-2,4-5,10H,3,6-9H2. The Bertz CT molecular complexity index is 799. The first kappa shape index (κ1) is 17.1. The van der Waals surface area contributed by atoms with Crippen LogP contribution in [0.25, 0.3) is 0 Å². The predicted molar refractivity (Wildman–Crippen MR) is 98.2 cm³/mol. The van der Waals surface area contributed by atoms with Crippen molar-refractivity contribution in [1.29, 1.82) is 5.26 Å². The third kappa shape index (κ3) is 3.51. The topological polar surface area (TPSA) is 47.3 Å². The summed E-state index contributed by atoms with van der Waals surface area (Å²) in [6.07, 6.45) is 0.834. The first-order valence-corrected chi connectivity index (χ1v) is 9.15. The van der Waals surface area contributed by atoms with Crippen LogP contribution < -0.4 is 4.90 Å². The van der Waals surface area contributed by atoms with E-state index in [-0.39, 0.29) is 5.91 Å². The third-order valence-electron chi connectivity index (χ3n) is 4.04. The molecule has 3 rings (SSSR count). The molecule has 0 radical (unpaired) electrons. The average molecular weight is 380 g/mol. The molecule has 7 heteroatoms. The number of thiophene rings is 1. The number of hydrogen-bond acceptors (Lipinski definition) is 4. The predicted octanol–water partition coefficient (Wildman–Crippen LogP) is 4.28. The van der Waals surface area contributed by atoms with Crippen molar-refractivity contribution in [2.75, 3.05) is 31.1 Å². The molecule has 0 spiro atoms. The van der Waals surface area contributed by atoms with Crippen molar-refractivity contribution in [3.05, 3.63) is 50.1 Å². The number of anilines is 1. The fourth-order valence-electron chi connectivity index (χ4n) is 2.86. The summed E-state index contributed by atoms with van der Waals surface area (Å²) in [4.78, 5) is 16.6. The van der Waals surface area contributed by atoms with Gasteiger partial charge in [-0.05, 0) is 24.6 Å². The molecule has 24 heavy (non-hydrogen) atoms. The van der Waals surface area contributed by atoms with Crippen LogP contribution >= 0.6 is 34.5 Å². The molecular formula is C17H15Cl2N3OS. The molecule has 1 fully saturated rings. The normalized spacial score (nSPS) is 15.0. The summed E-state index contributed by atoms with van der Waals surface area (Å²) in [6.45, 7) is 2.73. The highest BCUT2D eigenvalue weighted by molar-refractivity contribution is 7.20. The van der Waals surface area contributed by atoms with Gasteiger partial charge in [-0.2, -0.15) is 5.26 Å². The Morgan fingerprint density at radius 1 is 1.17 bits per heavy atom. The van der Waals surface area contributed by atoms with Gasteiger partial charge in [0.25, 0.3) is 5.91 Å². The molecule has 1 aromatic carbocycles. The van der Waals surface area contributed by atoms with Gasteiger partial charge in [-0.1, -0.05) is 35.3 Å². The monoisotopic (exact) mass is 379 g/mol. The summed E-state index contributed by atoms with van der Waals surface area (Å²) < 4.78 is 0.948. The molecule has 1 aromatic heterocycles. The van der Waals surface area contributed by atoms with Gasteiger partial charge >= 0.3 is 0 Å². The summed E-state index contributed by atoms with van der Waals surface area (Å²) in [5.41, 5.74) is 2.05. The second-order valence-corrected chi connectivity index (χ2v) is 7.79. The van der Waals surface area contributed by atoms with Crippen molar-refractivity contribution in [3.8, 4) is 6.07 Å². The maximum Gasteiger partial charge on any atom is 0.256 e. The van der Waals surface area contributed by atoms with Gasteiger partial charge in [0.15, 0.2) is 0 Å². The van der Waals surface area contributed by atoms with Crippen LogP contribution in [-0.2, 0) is 0 Å². The van der Waals surface area contributed by atoms with E-state index in [1.165, 1.54) is 11.3 Å². The van der Waals surface area contributed by atoms with E-state index in [9.17, 15) is 10.1 Å². The van der Waals surface area contributed by atoms with E-state index in [0.29, 0.717) is 39.4 Å². The zero-order valence-corrected chi connectivity index (χ0v) is 15.2. The molecular weight excluding hydrogens is 365 g/mol. The molecule has 0 saturated carbocycles. The number of carbonyl (C=O) groups excluding carboxylic acids is 1. The molecule has 1 aliphatic heterocycles. The van der Waals surface area contributed by atoms with Crippen LogP contribution in [0.4, 0.5) is 5.69 Å². The number of nitriles is 1. The highest BCUT2D eigenvalue weighted by Gasteiger charge is 2.24. The molecule has 2 aromatic rings. The van der Waals surface area contributed by atoms with Gasteiger partial charge in [-0.3, -0.25) is 4.79 Å². The van der Waals surface area contributed by atoms with E-state index in [1.807, 2.05) is 24.3 Å². The lowest BCUT2D eigenvalue weighted by Gasteiger charge is -2.24. The molecule has 0 aliphatic carbocycles. The van der Waals surface area contributed by atoms with Gasteiger partial charge in [0.05, 0.1) is 21.2 Å². The van der Waals surface area contributed by atoms with Gasteiger partial charge in [-0.15, -0.1) is 11.3 Å². The van der Waals surface area contributed by atoms with Crippen molar-refractivity contribution in [2.45, 2.75) is 6.42 Å². The number of nitrogens with zero attached hydrogens (tertiary/aromatic N) is 3. The minimum absolute atomic E-state index is 0.0847. The lowest BCUT2D eigenvalue weighted by Crippen LogP contribution is -2.35. The number of benzene rings is 1. The molecule has 4 nitrogen and oxygen atoms in total. The van der Waals surface area contributed by atoms with Crippen molar-refractivity contribution < 1.29 is 4.79 Å². The molecule has 1 aliphatic rings. The number of carbonyl (C=O) groups is 1. The Kier molecular flexibility index (Phi) is 5.30. The number of amides is 1. The fourth-order valence-corrected chi connectivity index (χ4v) is 4.31. The quantitative estimate of drug-likeness (QED) is 0.781. The summed E-state index contributed by atoms with van der Waals surface area (Å²) in [6, 6.07) is 11.4. The molecule has 0 bridgehead atoms. The van der Waals surface area contributed by atoms with Crippen molar-refractivity contribution in [2.24, 2.45) is 0 Å². The maximum absolute atomic E-state index is 12.7. The second kappa shape index (κ2) is 7.43. The van der Waals surface area contributed by atoms with E-state index in [4.69, 9.17) is 23.2 Å². The molecule has 124 valence electrons. The van der Waals surface area contributed by atoms with E-state index >= 15 is 0 Å². The Balaban J connectivity index is 1.75. The highest BCUT2D eigenvalue weighted by Crippen LogP contribution is 2.32. The minimum Gasteiger partial charge on any atom is -0.369 e. The smallest absolute Gasteiger partial charge is 0.256 e. The van der Waals surface area contributed by atoms with Crippen LogP contribution in [0.1, 0.15) is 22.3 Å². The second-order valence-electron chi connectivity index (χ2n) is 5.50. The molecule has 0 unspecified atom stereocenters. The summed E-state index contributed by atoms with van der Waals surface area (Å²) in [5, 5.41) is 9.27. The molecule has 1 saturated heterocycles. The Hall–Kier alpha value is -1.74. The maximum atomic E-state index is 12.7. The highest BCUT2D eigenvalue weighted by atomic mass is 35.5. The molecule has 0 N–H and O–H groups in total. The van der Waals surface area contributed by atoms with Crippen LogP contribution in [0.15, 0.2) is 30.3 Å². The van der Waals surface area contributed by atoms with Crippen LogP contribution in [0, 0.1) is 11.3 Å². The van der Waals surface area contributed by atoms with E-state index in [2.05, 4.69) is 11.0 Å². The fraction of sp³-hybridized carbons (Fsp3) is 0.294. The van der Waals surface area contributed by atoms with Gasteiger partial charge in [0, 0.05) is 26.2 Å². The minimum atomic E-state index is -0.0847. The van der Waals surface area contributed by atoms with Gasteiger partial charge < -0.3 is 9.80 Å². The van der Waals surface area contributed by atoms with Gasteiger partial charge in [-0.25, -0.2) is 0 Å². The first-order valence-electron chi connectivity index (χ1n) is 7.58. The average Bonchev–Trinajstić information content (AvgIpc) is 2.79. The van der Waals surface area contributed by atoms with Gasteiger partial charge in [0.2, 0.25) is 0 Å². The third-order valence-corrected chi connectivity index (χ3v) is 5.52. The van der Waals surface area contributed by atoms with Crippen LogP contribution in [0.3, 0.4) is 0 Å². The summed E-state index contributed by atoms with van der Waals surface area (Å²) in [7, 11) is 0. The first-order chi connectivity index (χ1) is 11.6. The van der Waals surface area contributed by atoms with Crippen molar-refractivity contribution in [3.63, 3.8) is 0 Å². The Labute approximate surface area is 154 Å². The van der Waals surface area contributed by atoms with E-state index < -0.39 is 0 Å². The number of hydrogen-bond donors (Lipinski definition) is 0. The lowest BCUT2D eigenvalue weighted by atomic mass is 10.1. The number of para-hydroxylation sites is 1. The largest absolute Gasteiger partial charge is 0.369 e. The Morgan fingerprint density at radius 3 is 2.67 bits per heavy atom. The number of halogens is 2. The van der Waals surface area contributed by atoms with Crippen molar-refractivity contribution in [1.82, 2.24) is 4.90 Å².